The van der Waals surface area contributed by atoms with Crippen LogP contribution in [0.25, 0.3) is 0 Å². The summed E-state index contributed by atoms with van der Waals surface area (Å²) in [5.74, 6) is 0.160. The van der Waals surface area contributed by atoms with Crippen LogP contribution in [0.2, 0.25) is 0 Å². The third-order valence-corrected chi connectivity index (χ3v) is 4.40. The van der Waals surface area contributed by atoms with Crippen molar-refractivity contribution in [3.63, 3.8) is 0 Å². The Kier molecular flexibility index (Phi) is 6.80. The first-order valence-corrected chi connectivity index (χ1v) is 8.19. The number of aryl methyl sites for hydroxylation is 1. The van der Waals surface area contributed by atoms with Crippen molar-refractivity contribution in [3.05, 3.63) is 30.1 Å². The number of carbonyl (C=O) groups excluding carboxylic acids is 1. The maximum absolute atomic E-state index is 11.9. The molecule has 2 rings (SSSR count). The van der Waals surface area contributed by atoms with Gasteiger partial charge in [0, 0.05) is 44.5 Å². The van der Waals surface area contributed by atoms with Crippen LogP contribution < -0.4 is 5.32 Å². The molecule has 2 heterocycles. The van der Waals surface area contributed by atoms with Gasteiger partial charge in [-0.25, -0.2) is 0 Å². The summed E-state index contributed by atoms with van der Waals surface area (Å²) in [6, 6.07) is 4.65. The lowest BCUT2D eigenvalue weighted by Crippen LogP contribution is -2.37. The Labute approximate surface area is 133 Å². The number of hydrogen-bond donors (Lipinski definition) is 1. The predicted octanol–water partition coefficient (Wildman–Crippen LogP) is 1.16. The molecule has 1 aliphatic heterocycles. The Balaban J connectivity index is 1.54. The summed E-state index contributed by atoms with van der Waals surface area (Å²) in [5, 5.41) is 3.02. The molecule has 1 aromatic heterocycles. The summed E-state index contributed by atoms with van der Waals surface area (Å²) >= 11 is 0. The second-order valence-electron chi connectivity index (χ2n) is 6.24. The zero-order chi connectivity index (χ0) is 15.8. The number of likely N-dealkylation sites (tertiary alicyclic amines) is 1. The van der Waals surface area contributed by atoms with Crippen LogP contribution in [-0.4, -0.2) is 67.0 Å². The summed E-state index contributed by atoms with van der Waals surface area (Å²) in [7, 11) is 4.28. The molecule has 1 N–H and O–H groups in total. The first-order valence-electron chi connectivity index (χ1n) is 8.19. The highest BCUT2D eigenvalue weighted by atomic mass is 16.1. The Morgan fingerprint density at radius 2 is 2.23 bits per heavy atom. The minimum absolute atomic E-state index is 0.160. The normalized spacial score (nSPS) is 18.8. The molecule has 0 bridgehead atoms. The Hall–Kier alpha value is -1.46. The molecular weight excluding hydrogens is 276 g/mol. The van der Waals surface area contributed by atoms with Gasteiger partial charge in [0.25, 0.3) is 0 Å². The molecule has 1 aliphatic rings. The van der Waals surface area contributed by atoms with E-state index in [2.05, 4.69) is 34.2 Å². The summed E-state index contributed by atoms with van der Waals surface area (Å²) in [4.78, 5) is 20.5. The molecule has 22 heavy (non-hydrogen) atoms. The number of nitrogens with zero attached hydrogens (tertiary/aromatic N) is 3. The zero-order valence-corrected chi connectivity index (χ0v) is 13.8. The van der Waals surface area contributed by atoms with Crippen LogP contribution >= 0.6 is 0 Å². The maximum Gasteiger partial charge on any atom is 0.221 e. The minimum atomic E-state index is 0.160. The van der Waals surface area contributed by atoms with Gasteiger partial charge in [-0.2, -0.15) is 0 Å². The van der Waals surface area contributed by atoms with Gasteiger partial charge in [-0.05, 0) is 57.6 Å². The molecule has 1 fully saturated rings. The average molecular weight is 304 g/mol. The third-order valence-electron chi connectivity index (χ3n) is 4.40. The van der Waals surface area contributed by atoms with Gasteiger partial charge in [-0.15, -0.1) is 0 Å². The number of amides is 1. The molecule has 0 radical (unpaired) electrons. The van der Waals surface area contributed by atoms with Crippen molar-refractivity contribution in [2.24, 2.45) is 0 Å². The van der Waals surface area contributed by atoms with Crippen LogP contribution in [0.5, 0.6) is 0 Å². The molecule has 1 amide bonds. The van der Waals surface area contributed by atoms with E-state index >= 15 is 0 Å². The van der Waals surface area contributed by atoms with Gasteiger partial charge in [0.15, 0.2) is 0 Å². The monoisotopic (exact) mass is 304 g/mol. The molecule has 0 unspecified atom stereocenters. The Morgan fingerprint density at radius 3 is 2.91 bits per heavy atom. The van der Waals surface area contributed by atoms with Crippen LogP contribution in [0.15, 0.2) is 24.5 Å². The lowest BCUT2D eigenvalue weighted by atomic mass is 10.1. The van der Waals surface area contributed by atoms with Crippen LogP contribution in [0.1, 0.15) is 24.8 Å². The number of rotatable bonds is 8. The number of aromatic nitrogens is 1. The fraction of sp³-hybridized carbons (Fsp3) is 0.647. The van der Waals surface area contributed by atoms with Gasteiger partial charge in [0.05, 0.1) is 0 Å². The first-order chi connectivity index (χ1) is 10.6. The van der Waals surface area contributed by atoms with Crippen LogP contribution in [0.4, 0.5) is 0 Å². The van der Waals surface area contributed by atoms with E-state index in [1.807, 2.05) is 24.5 Å². The van der Waals surface area contributed by atoms with Gasteiger partial charge in [-0.3, -0.25) is 9.78 Å². The van der Waals surface area contributed by atoms with Gasteiger partial charge in [0.2, 0.25) is 5.91 Å². The van der Waals surface area contributed by atoms with Crippen molar-refractivity contribution in [2.45, 2.75) is 31.7 Å². The summed E-state index contributed by atoms with van der Waals surface area (Å²) in [5.41, 5.74) is 1.27. The number of likely N-dealkylation sites (N-methyl/N-ethyl adjacent to an activating group) is 2. The SMILES string of the molecule is CN1CC[C@@H](N(C)CCC(=O)NCCCc2ccncc2)C1. The summed E-state index contributed by atoms with van der Waals surface area (Å²) in [6.45, 7) is 3.87. The highest BCUT2D eigenvalue weighted by molar-refractivity contribution is 5.76. The van der Waals surface area contributed by atoms with E-state index in [0.29, 0.717) is 12.5 Å². The lowest BCUT2D eigenvalue weighted by Gasteiger charge is -2.23. The summed E-state index contributed by atoms with van der Waals surface area (Å²) < 4.78 is 0. The van der Waals surface area contributed by atoms with Crippen molar-refractivity contribution in [1.82, 2.24) is 20.1 Å². The maximum atomic E-state index is 11.9. The van der Waals surface area contributed by atoms with E-state index < -0.39 is 0 Å². The molecule has 1 atom stereocenters. The largest absolute Gasteiger partial charge is 0.356 e. The Bertz CT molecular complexity index is 451. The van der Waals surface area contributed by atoms with E-state index in [-0.39, 0.29) is 5.91 Å². The highest BCUT2D eigenvalue weighted by Gasteiger charge is 2.23. The van der Waals surface area contributed by atoms with E-state index in [9.17, 15) is 4.79 Å². The van der Waals surface area contributed by atoms with Crippen molar-refractivity contribution < 1.29 is 4.79 Å². The van der Waals surface area contributed by atoms with Crippen molar-refractivity contribution in [3.8, 4) is 0 Å². The smallest absolute Gasteiger partial charge is 0.221 e. The van der Waals surface area contributed by atoms with Crippen molar-refractivity contribution >= 4 is 5.91 Å². The third kappa shape index (κ3) is 5.73. The number of carbonyl (C=O) groups is 1. The minimum Gasteiger partial charge on any atom is -0.356 e. The summed E-state index contributed by atoms with van der Waals surface area (Å²) in [6.07, 6.45) is 7.37. The van der Waals surface area contributed by atoms with Crippen molar-refractivity contribution in [1.29, 1.82) is 0 Å². The van der Waals surface area contributed by atoms with Crippen LogP contribution in [-0.2, 0) is 11.2 Å². The number of nitrogens with one attached hydrogen (secondary N) is 1. The van der Waals surface area contributed by atoms with Crippen LogP contribution in [0, 0.1) is 0 Å². The van der Waals surface area contributed by atoms with Gasteiger partial charge in [-0.1, -0.05) is 0 Å². The molecular formula is C17H28N4O. The van der Waals surface area contributed by atoms with E-state index in [1.54, 1.807) is 0 Å². The van der Waals surface area contributed by atoms with E-state index in [0.717, 1.165) is 39.0 Å². The molecule has 0 aliphatic carbocycles. The molecule has 1 aromatic rings. The molecule has 5 heteroatoms. The number of hydrogen-bond acceptors (Lipinski definition) is 4. The highest BCUT2D eigenvalue weighted by Crippen LogP contribution is 2.12. The quantitative estimate of drug-likeness (QED) is 0.732. The molecule has 1 saturated heterocycles. The van der Waals surface area contributed by atoms with Gasteiger partial charge in [0.1, 0.15) is 0 Å². The molecule has 122 valence electrons. The second-order valence-corrected chi connectivity index (χ2v) is 6.24. The Morgan fingerprint density at radius 1 is 1.45 bits per heavy atom. The molecule has 0 aromatic carbocycles. The zero-order valence-electron chi connectivity index (χ0n) is 13.8. The fourth-order valence-corrected chi connectivity index (χ4v) is 2.89. The lowest BCUT2D eigenvalue weighted by molar-refractivity contribution is -0.121. The predicted molar refractivity (Wildman–Crippen MR) is 88.7 cm³/mol. The van der Waals surface area contributed by atoms with E-state index in [1.165, 1.54) is 12.0 Å². The molecule has 0 saturated carbocycles. The standard InChI is InChI=1S/C17H28N4O/c1-20-12-7-16(14-20)21(2)13-8-17(22)19-9-3-4-15-5-10-18-11-6-15/h5-6,10-11,16H,3-4,7-9,12-14H2,1-2H3,(H,19,22)/t16-/m1/s1. The molecule has 0 spiro atoms. The van der Waals surface area contributed by atoms with Crippen LogP contribution in [0.3, 0.4) is 0 Å². The first kappa shape index (κ1) is 16.9. The topological polar surface area (TPSA) is 48.5 Å². The molecule has 5 nitrogen and oxygen atoms in total. The van der Waals surface area contributed by atoms with Gasteiger partial charge < -0.3 is 15.1 Å². The average Bonchev–Trinajstić information content (AvgIpc) is 2.97. The van der Waals surface area contributed by atoms with E-state index in [4.69, 9.17) is 0 Å². The second kappa shape index (κ2) is 8.86. The fourth-order valence-electron chi connectivity index (χ4n) is 2.89. The number of pyridine rings is 1. The van der Waals surface area contributed by atoms with Gasteiger partial charge >= 0.3 is 0 Å². The van der Waals surface area contributed by atoms with Crippen molar-refractivity contribution in [2.75, 3.05) is 40.3 Å².